The van der Waals surface area contributed by atoms with Gasteiger partial charge in [-0.1, -0.05) is 82.3 Å². The van der Waals surface area contributed by atoms with Gasteiger partial charge in [-0.25, -0.2) is 4.31 Å². The molecule has 0 aliphatic rings. The molecule has 0 spiro atoms. The van der Waals surface area contributed by atoms with Crippen molar-refractivity contribution in [2.75, 3.05) is 0 Å². The van der Waals surface area contributed by atoms with Crippen molar-refractivity contribution in [3.63, 3.8) is 0 Å². The van der Waals surface area contributed by atoms with Gasteiger partial charge >= 0.3 is 12.1 Å². The summed E-state index contributed by atoms with van der Waals surface area (Å²) in [4.78, 5) is 15.8. The summed E-state index contributed by atoms with van der Waals surface area (Å²) in [5.41, 5.74) is 4.11. The van der Waals surface area contributed by atoms with Crippen molar-refractivity contribution in [3.05, 3.63) is 120 Å². The van der Waals surface area contributed by atoms with Crippen LogP contribution >= 0.6 is 11.9 Å². The number of carboxylic acid groups (broad SMARTS) is 1. The molecule has 3 aromatic carbocycles. The smallest absolute Gasteiger partial charge is 0.416 e. The molecular formula is C32H35F3N2O2S. The second kappa shape index (κ2) is 16.5. The third-order valence-electron chi connectivity index (χ3n) is 5.45. The molecule has 40 heavy (non-hydrogen) atoms. The molecule has 0 aliphatic heterocycles. The van der Waals surface area contributed by atoms with Crippen molar-refractivity contribution in [2.24, 2.45) is 0 Å². The van der Waals surface area contributed by atoms with E-state index in [2.05, 4.69) is 9.29 Å². The predicted molar refractivity (Wildman–Crippen MR) is 157 cm³/mol. The molecule has 0 saturated carbocycles. The van der Waals surface area contributed by atoms with E-state index in [-0.39, 0.29) is 6.42 Å². The largest absolute Gasteiger partial charge is 0.481 e. The van der Waals surface area contributed by atoms with Crippen LogP contribution in [0.2, 0.25) is 0 Å². The van der Waals surface area contributed by atoms with Crippen molar-refractivity contribution in [1.29, 1.82) is 0 Å². The summed E-state index contributed by atoms with van der Waals surface area (Å²) in [6.45, 7) is 9.13. The van der Waals surface area contributed by atoms with E-state index in [4.69, 9.17) is 5.11 Å². The summed E-state index contributed by atoms with van der Waals surface area (Å²) in [7, 11) is 0. The molecule has 1 heterocycles. The molecule has 0 bridgehead atoms. The maximum absolute atomic E-state index is 12.9. The van der Waals surface area contributed by atoms with Crippen LogP contribution in [0.3, 0.4) is 0 Å². The van der Waals surface area contributed by atoms with E-state index in [0.717, 1.165) is 39.9 Å². The first kappa shape index (κ1) is 32.6. The van der Waals surface area contributed by atoms with Crippen molar-refractivity contribution in [1.82, 2.24) is 9.29 Å². The number of pyridine rings is 1. The number of carbonyl (C=O) groups is 1. The molecule has 0 fully saturated rings. The fourth-order valence-electron chi connectivity index (χ4n) is 3.67. The van der Waals surface area contributed by atoms with Crippen LogP contribution in [0.1, 0.15) is 49.9 Å². The summed E-state index contributed by atoms with van der Waals surface area (Å²) >= 11 is 1.39. The van der Waals surface area contributed by atoms with Gasteiger partial charge in [-0.2, -0.15) is 13.2 Å². The Kier molecular flexibility index (Phi) is 13.4. The third-order valence-corrected chi connectivity index (χ3v) is 6.45. The molecule has 4 rings (SSSR count). The van der Waals surface area contributed by atoms with Crippen LogP contribution in [0.5, 0.6) is 0 Å². The normalized spacial score (nSPS) is 10.7. The molecule has 0 radical (unpaired) electrons. The van der Waals surface area contributed by atoms with Gasteiger partial charge in [-0.3, -0.25) is 9.78 Å². The summed E-state index contributed by atoms with van der Waals surface area (Å²) in [5.74, 6) is -0.864. The van der Waals surface area contributed by atoms with E-state index >= 15 is 0 Å². The van der Waals surface area contributed by atoms with Crippen LogP contribution < -0.4 is 0 Å². The monoisotopic (exact) mass is 568 g/mol. The minimum Gasteiger partial charge on any atom is -0.481 e. The average Bonchev–Trinajstić information content (AvgIpc) is 2.96. The van der Waals surface area contributed by atoms with Gasteiger partial charge in [-0.05, 0) is 70.1 Å². The molecule has 0 atom stereocenters. The van der Waals surface area contributed by atoms with Crippen LogP contribution in [0.15, 0.2) is 102 Å². The van der Waals surface area contributed by atoms with Crippen molar-refractivity contribution in [3.8, 4) is 11.1 Å². The van der Waals surface area contributed by atoms with Gasteiger partial charge in [0.15, 0.2) is 0 Å². The van der Waals surface area contributed by atoms with E-state index in [0.29, 0.717) is 18.0 Å². The molecule has 0 saturated heterocycles. The van der Waals surface area contributed by atoms with Crippen LogP contribution in [-0.2, 0) is 30.5 Å². The van der Waals surface area contributed by atoms with Crippen molar-refractivity contribution < 1.29 is 23.1 Å². The van der Waals surface area contributed by atoms with Crippen LogP contribution in [-0.4, -0.2) is 20.4 Å². The van der Waals surface area contributed by atoms with Gasteiger partial charge in [0, 0.05) is 30.4 Å². The number of carboxylic acids is 1. The summed E-state index contributed by atoms with van der Waals surface area (Å²) in [6.07, 6.45) is -0.902. The first-order valence-electron chi connectivity index (χ1n) is 13.2. The number of hydrogen-bond donors (Lipinski definition) is 1. The Balaban J connectivity index is 0.00000134. The first-order valence-corrected chi connectivity index (χ1v) is 13.9. The lowest BCUT2D eigenvalue weighted by Gasteiger charge is -2.22. The highest BCUT2D eigenvalue weighted by Gasteiger charge is 2.30. The fraction of sp³-hybridized carbons (Fsp3) is 0.250. The maximum atomic E-state index is 12.9. The Morgan fingerprint density at radius 2 is 1.30 bits per heavy atom. The minimum atomic E-state index is -4.36. The van der Waals surface area contributed by atoms with E-state index in [9.17, 15) is 18.0 Å². The predicted octanol–water partition coefficient (Wildman–Crippen LogP) is 9.16. The molecule has 4 nitrogen and oxygen atoms in total. The van der Waals surface area contributed by atoms with Gasteiger partial charge in [-0.15, -0.1) is 0 Å². The minimum absolute atomic E-state index is 0.0113. The molecule has 1 N–H and O–H groups in total. The van der Waals surface area contributed by atoms with Gasteiger partial charge in [0.25, 0.3) is 0 Å². The molecule has 0 amide bonds. The van der Waals surface area contributed by atoms with Gasteiger partial charge in [0.1, 0.15) is 0 Å². The van der Waals surface area contributed by atoms with E-state index in [1.165, 1.54) is 24.1 Å². The standard InChI is InChI=1S/C28H23F3N2O2S.2C2H6/c29-28(30,31)25-11-13-26(14-12-25)36-33(19-22-2-1-15-32-17-22)18-21-5-9-24(10-6-21)23-7-3-20(4-8-23)16-27(34)35;2*1-2/h1-15,17H,16,18-19H2,(H,34,35);2*1-2H3. The van der Waals surface area contributed by atoms with Crippen LogP contribution in [0, 0.1) is 0 Å². The molecular weight excluding hydrogens is 533 g/mol. The van der Waals surface area contributed by atoms with Gasteiger partial charge in [0.2, 0.25) is 0 Å². The van der Waals surface area contributed by atoms with Crippen LogP contribution in [0.25, 0.3) is 11.1 Å². The second-order valence-electron chi connectivity index (χ2n) is 8.24. The maximum Gasteiger partial charge on any atom is 0.416 e. The summed E-state index contributed by atoms with van der Waals surface area (Å²) in [5, 5.41) is 8.93. The fourth-order valence-corrected chi connectivity index (χ4v) is 4.65. The number of aliphatic carboxylic acids is 1. The Bertz CT molecular complexity index is 1280. The Morgan fingerprint density at radius 1 is 0.775 bits per heavy atom. The molecule has 0 unspecified atom stereocenters. The molecule has 1 aromatic heterocycles. The van der Waals surface area contributed by atoms with E-state index < -0.39 is 17.7 Å². The highest BCUT2D eigenvalue weighted by Crippen LogP contribution is 2.33. The zero-order valence-electron chi connectivity index (χ0n) is 23.2. The molecule has 8 heteroatoms. The number of hydrogen-bond acceptors (Lipinski definition) is 4. The Labute approximate surface area is 239 Å². The summed E-state index contributed by atoms with van der Waals surface area (Å²) < 4.78 is 40.9. The van der Waals surface area contributed by atoms with Gasteiger partial charge < -0.3 is 5.11 Å². The highest BCUT2D eigenvalue weighted by molar-refractivity contribution is 7.97. The lowest BCUT2D eigenvalue weighted by Crippen LogP contribution is -2.15. The quantitative estimate of drug-likeness (QED) is 0.204. The second-order valence-corrected chi connectivity index (χ2v) is 9.41. The number of rotatable bonds is 9. The number of nitrogens with zero attached hydrogens (tertiary/aromatic N) is 2. The molecule has 4 aromatic rings. The van der Waals surface area contributed by atoms with E-state index in [1.807, 2.05) is 88.4 Å². The highest BCUT2D eigenvalue weighted by atomic mass is 32.2. The third kappa shape index (κ3) is 10.5. The zero-order valence-corrected chi connectivity index (χ0v) is 24.0. The Hall–Kier alpha value is -3.62. The lowest BCUT2D eigenvalue weighted by molar-refractivity contribution is -0.138. The van der Waals surface area contributed by atoms with Crippen molar-refractivity contribution >= 4 is 17.9 Å². The Morgan fingerprint density at radius 3 is 1.77 bits per heavy atom. The number of benzene rings is 3. The lowest BCUT2D eigenvalue weighted by atomic mass is 10.0. The SMILES string of the molecule is CC.CC.O=C(O)Cc1ccc(-c2ccc(CN(Cc3cccnc3)Sc3ccc(C(F)(F)F)cc3)cc2)cc1. The number of halogens is 3. The topological polar surface area (TPSA) is 53.4 Å². The number of aromatic nitrogens is 1. The van der Waals surface area contributed by atoms with Crippen molar-refractivity contribution in [2.45, 2.75) is 58.3 Å². The number of alkyl halides is 3. The van der Waals surface area contributed by atoms with Gasteiger partial charge in [0.05, 0.1) is 12.0 Å². The molecule has 0 aliphatic carbocycles. The summed E-state index contributed by atoms with van der Waals surface area (Å²) in [6, 6.07) is 24.5. The average molecular weight is 569 g/mol. The van der Waals surface area contributed by atoms with Crippen LogP contribution in [0.4, 0.5) is 13.2 Å². The first-order chi connectivity index (χ1) is 19.3. The van der Waals surface area contributed by atoms with E-state index in [1.54, 1.807) is 12.4 Å². The molecule has 212 valence electrons. The zero-order chi connectivity index (χ0) is 29.5.